The largest absolute Gasteiger partial charge is 0.393 e. The molecule has 27 heavy (non-hydrogen) atoms. The molecular formula is C22H46O4S. The van der Waals surface area contributed by atoms with Crippen molar-refractivity contribution >= 4 is 10.1 Å². The van der Waals surface area contributed by atoms with Crippen LogP contribution in [0, 0.1) is 0 Å². The summed E-state index contributed by atoms with van der Waals surface area (Å²) in [6.45, 7) is 4.36. The maximum absolute atomic E-state index is 11.5. The van der Waals surface area contributed by atoms with Crippen LogP contribution in [0.1, 0.15) is 129 Å². The van der Waals surface area contributed by atoms with Crippen molar-refractivity contribution < 1.29 is 18.1 Å². The van der Waals surface area contributed by atoms with Crippen LogP contribution in [0.3, 0.4) is 0 Å². The Balaban J connectivity index is 3.70. The summed E-state index contributed by atoms with van der Waals surface area (Å²) in [6, 6.07) is 0. The van der Waals surface area contributed by atoms with Gasteiger partial charge in [0, 0.05) is 0 Å². The van der Waals surface area contributed by atoms with Crippen molar-refractivity contribution in [3.8, 4) is 0 Å². The van der Waals surface area contributed by atoms with Crippen molar-refractivity contribution in [3.05, 3.63) is 0 Å². The van der Waals surface area contributed by atoms with Gasteiger partial charge in [-0.2, -0.15) is 8.42 Å². The molecule has 0 fully saturated rings. The van der Waals surface area contributed by atoms with E-state index in [4.69, 9.17) is 0 Å². The molecule has 0 spiro atoms. The second-order valence-electron chi connectivity index (χ2n) is 8.19. The van der Waals surface area contributed by atoms with E-state index in [1.54, 1.807) is 0 Å². The number of unbranched alkanes of at least 4 members (excludes halogenated alkanes) is 11. The molecule has 0 aliphatic carbocycles. The normalized spacial score (nSPS) is 14.4. The van der Waals surface area contributed by atoms with E-state index in [9.17, 15) is 18.1 Å². The fourth-order valence-corrected chi connectivity index (χ4v) is 4.58. The minimum Gasteiger partial charge on any atom is -0.393 e. The van der Waals surface area contributed by atoms with Crippen LogP contribution in [0.25, 0.3) is 0 Å². The highest BCUT2D eigenvalue weighted by Crippen LogP contribution is 2.19. The smallest absolute Gasteiger partial charge is 0.267 e. The van der Waals surface area contributed by atoms with Crippen LogP contribution in [0.15, 0.2) is 0 Å². The minimum atomic E-state index is -3.91. The number of rotatable bonds is 20. The Labute approximate surface area is 169 Å². The molecule has 0 aromatic carbocycles. The number of aliphatic hydroxyl groups is 1. The molecule has 0 aromatic heterocycles. The highest BCUT2D eigenvalue weighted by Gasteiger charge is 2.21. The SMILES string of the molecule is CCCCCCCC(CCCCCCCC(O)CCCCCC)S(=O)(=O)O. The summed E-state index contributed by atoms with van der Waals surface area (Å²) in [5.74, 6) is 0. The van der Waals surface area contributed by atoms with Gasteiger partial charge >= 0.3 is 0 Å². The van der Waals surface area contributed by atoms with Gasteiger partial charge in [-0.1, -0.05) is 104 Å². The van der Waals surface area contributed by atoms with Gasteiger partial charge in [0.15, 0.2) is 0 Å². The molecule has 0 heterocycles. The molecule has 0 aliphatic heterocycles. The molecule has 2 atom stereocenters. The first-order chi connectivity index (χ1) is 12.9. The number of hydrogen-bond donors (Lipinski definition) is 2. The zero-order valence-electron chi connectivity index (χ0n) is 18.0. The average Bonchev–Trinajstić information content (AvgIpc) is 2.61. The van der Waals surface area contributed by atoms with Crippen LogP contribution in [-0.2, 0) is 10.1 Å². The Bertz CT molecular complexity index is 409. The Morgan fingerprint density at radius 2 is 0.926 bits per heavy atom. The van der Waals surface area contributed by atoms with Gasteiger partial charge in [-0.3, -0.25) is 4.55 Å². The van der Waals surface area contributed by atoms with Gasteiger partial charge in [-0.25, -0.2) is 0 Å². The van der Waals surface area contributed by atoms with Crippen LogP contribution in [-0.4, -0.2) is 29.4 Å². The lowest BCUT2D eigenvalue weighted by molar-refractivity contribution is 0.147. The third-order valence-electron chi connectivity index (χ3n) is 5.51. The van der Waals surface area contributed by atoms with Crippen molar-refractivity contribution in [1.29, 1.82) is 0 Å². The van der Waals surface area contributed by atoms with Crippen molar-refractivity contribution in [3.63, 3.8) is 0 Å². The lowest BCUT2D eigenvalue weighted by Gasteiger charge is -2.14. The third kappa shape index (κ3) is 17.7. The fourth-order valence-electron chi connectivity index (χ4n) is 3.65. The molecule has 0 aromatic rings. The van der Waals surface area contributed by atoms with E-state index in [1.165, 1.54) is 32.1 Å². The fraction of sp³-hybridized carbons (Fsp3) is 1.00. The molecule has 0 saturated heterocycles. The summed E-state index contributed by atoms with van der Waals surface area (Å²) in [6.07, 6.45) is 18.2. The van der Waals surface area contributed by atoms with Gasteiger partial charge in [0.1, 0.15) is 0 Å². The first-order valence-corrected chi connectivity index (χ1v) is 13.1. The predicted molar refractivity (Wildman–Crippen MR) is 116 cm³/mol. The summed E-state index contributed by atoms with van der Waals surface area (Å²) in [5, 5.41) is 9.38. The molecule has 4 nitrogen and oxygen atoms in total. The van der Waals surface area contributed by atoms with Crippen LogP contribution in [0.4, 0.5) is 0 Å². The van der Waals surface area contributed by atoms with Crippen molar-refractivity contribution in [1.82, 2.24) is 0 Å². The van der Waals surface area contributed by atoms with Gasteiger partial charge < -0.3 is 5.11 Å². The molecule has 0 amide bonds. The van der Waals surface area contributed by atoms with Crippen molar-refractivity contribution in [2.24, 2.45) is 0 Å². The quantitative estimate of drug-likeness (QED) is 0.175. The first-order valence-electron chi connectivity index (χ1n) is 11.6. The van der Waals surface area contributed by atoms with Crippen LogP contribution < -0.4 is 0 Å². The first kappa shape index (κ1) is 26.9. The minimum absolute atomic E-state index is 0.154. The monoisotopic (exact) mass is 406 g/mol. The van der Waals surface area contributed by atoms with E-state index in [-0.39, 0.29) is 6.10 Å². The van der Waals surface area contributed by atoms with Crippen LogP contribution >= 0.6 is 0 Å². The highest BCUT2D eigenvalue weighted by atomic mass is 32.2. The topological polar surface area (TPSA) is 74.6 Å². The second kappa shape index (κ2) is 17.9. The van der Waals surface area contributed by atoms with E-state index in [0.717, 1.165) is 70.6 Å². The van der Waals surface area contributed by atoms with Gasteiger partial charge in [0.2, 0.25) is 0 Å². The molecule has 2 N–H and O–H groups in total. The Morgan fingerprint density at radius 1 is 0.593 bits per heavy atom. The Kier molecular flexibility index (Phi) is 17.8. The van der Waals surface area contributed by atoms with Gasteiger partial charge in [0.05, 0.1) is 11.4 Å². The number of hydrogen-bond acceptors (Lipinski definition) is 3. The molecule has 5 heteroatoms. The summed E-state index contributed by atoms with van der Waals surface area (Å²) >= 11 is 0. The van der Waals surface area contributed by atoms with Crippen molar-refractivity contribution in [2.45, 2.75) is 141 Å². The Hall–Kier alpha value is -0.130. The summed E-state index contributed by atoms with van der Waals surface area (Å²) < 4.78 is 32.5. The predicted octanol–water partition coefficient (Wildman–Crippen LogP) is 6.67. The lowest BCUT2D eigenvalue weighted by Crippen LogP contribution is -2.20. The molecule has 0 aliphatic rings. The van der Waals surface area contributed by atoms with Gasteiger partial charge in [-0.15, -0.1) is 0 Å². The third-order valence-corrected chi connectivity index (χ3v) is 6.82. The maximum Gasteiger partial charge on any atom is 0.267 e. The van der Waals surface area contributed by atoms with Crippen molar-refractivity contribution in [2.75, 3.05) is 0 Å². The van der Waals surface area contributed by atoms with Gasteiger partial charge in [0.25, 0.3) is 10.1 Å². The van der Waals surface area contributed by atoms with Gasteiger partial charge in [-0.05, 0) is 25.7 Å². The molecule has 164 valence electrons. The zero-order valence-corrected chi connectivity index (χ0v) is 18.8. The average molecular weight is 407 g/mol. The van der Waals surface area contributed by atoms with Crippen LogP contribution in [0.5, 0.6) is 0 Å². The van der Waals surface area contributed by atoms with Crippen LogP contribution in [0.2, 0.25) is 0 Å². The molecule has 2 unspecified atom stereocenters. The standard InChI is InChI=1S/C22H46O4S/c1-3-5-7-10-15-19-22(27(24,25)26)20-16-12-9-11-14-18-21(23)17-13-8-6-4-2/h21-23H,3-20H2,1-2H3,(H,24,25,26). The van der Waals surface area contributed by atoms with E-state index in [2.05, 4.69) is 13.8 Å². The summed E-state index contributed by atoms with van der Waals surface area (Å²) in [5.41, 5.74) is 0. The van der Waals surface area contributed by atoms with E-state index in [0.29, 0.717) is 12.8 Å². The lowest BCUT2D eigenvalue weighted by atomic mass is 10.0. The van der Waals surface area contributed by atoms with E-state index < -0.39 is 15.4 Å². The number of aliphatic hydroxyl groups excluding tert-OH is 1. The molecular weight excluding hydrogens is 360 g/mol. The second-order valence-corrected chi connectivity index (χ2v) is 9.88. The molecule has 0 bridgehead atoms. The summed E-state index contributed by atoms with van der Waals surface area (Å²) in [7, 11) is -3.91. The Morgan fingerprint density at radius 3 is 1.33 bits per heavy atom. The molecule has 0 saturated carbocycles. The molecule has 0 radical (unpaired) electrons. The van der Waals surface area contributed by atoms with E-state index >= 15 is 0 Å². The summed E-state index contributed by atoms with van der Waals surface area (Å²) in [4.78, 5) is 0. The maximum atomic E-state index is 11.5. The van der Waals surface area contributed by atoms with E-state index in [1.807, 2.05) is 0 Å². The molecule has 0 rings (SSSR count). The highest BCUT2D eigenvalue weighted by molar-refractivity contribution is 7.86. The zero-order chi connectivity index (χ0) is 20.4.